The Balaban J connectivity index is -0.0000000263. The van der Waals surface area contributed by atoms with Crippen LogP contribution in [0.2, 0.25) is 0 Å². The first-order valence-corrected chi connectivity index (χ1v) is 2.36. The molecule has 13 heavy (non-hydrogen) atoms. The monoisotopic (exact) mass is 220 g/mol. The SMILES string of the molecule is C=CC(=C)C=C.[C-]#[O+].[C-]#[O+].[C-]#[O+].[Fe]. The van der Waals surface area contributed by atoms with E-state index >= 15 is 0 Å². The summed E-state index contributed by atoms with van der Waals surface area (Å²) >= 11 is 0. The van der Waals surface area contributed by atoms with Crippen molar-refractivity contribution in [2.45, 2.75) is 0 Å². The normalized spacial score (nSPS) is 3.54. The largest absolute Gasteiger partial charge is 0 e. The van der Waals surface area contributed by atoms with Crippen molar-refractivity contribution in [2.24, 2.45) is 0 Å². The minimum absolute atomic E-state index is 0. The van der Waals surface area contributed by atoms with Crippen molar-refractivity contribution < 1.29 is 31.0 Å². The van der Waals surface area contributed by atoms with Crippen LogP contribution in [0.4, 0.5) is 0 Å². The summed E-state index contributed by atoms with van der Waals surface area (Å²) in [6.45, 7) is 24.0. The van der Waals surface area contributed by atoms with Crippen LogP contribution in [0.25, 0.3) is 0 Å². The van der Waals surface area contributed by atoms with Crippen LogP contribution in [0, 0.1) is 20.0 Å². The molecule has 0 radical (unpaired) electrons. The fourth-order valence-corrected chi connectivity index (χ4v) is 0.0833. The van der Waals surface area contributed by atoms with Crippen LogP contribution in [0.1, 0.15) is 0 Å². The van der Waals surface area contributed by atoms with Gasteiger partial charge in [0.2, 0.25) is 0 Å². The smallest absolute Gasteiger partial charge is 0 e. The van der Waals surface area contributed by atoms with Gasteiger partial charge in [-0.25, -0.2) is 0 Å². The number of allylic oxidation sites excluding steroid dienone is 3. The maximum Gasteiger partial charge on any atom is 0 e. The van der Waals surface area contributed by atoms with Gasteiger partial charge < -0.3 is 0 Å². The molecular weight excluding hydrogens is 212 g/mol. The molecule has 0 N–H and O–H groups in total. The Morgan fingerprint density at radius 3 is 1.00 bits per heavy atom. The van der Waals surface area contributed by atoms with Gasteiger partial charge in [-0.1, -0.05) is 31.9 Å². The molecule has 0 bridgehead atoms. The van der Waals surface area contributed by atoms with E-state index in [4.69, 9.17) is 14.0 Å². The van der Waals surface area contributed by atoms with Crippen molar-refractivity contribution in [1.29, 1.82) is 0 Å². The summed E-state index contributed by atoms with van der Waals surface area (Å²) in [5.74, 6) is 0. The number of rotatable bonds is 2. The summed E-state index contributed by atoms with van der Waals surface area (Å²) in [6, 6.07) is 0. The average molecular weight is 220 g/mol. The molecule has 0 aromatic rings. The first kappa shape index (κ1) is 29.7. The summed E-state index contributed by atoms with van der Waals surface area (Å²) in [5.41, 5.74) is 0.870. The van der Waals surface area contributed by atoms with Gasteiger partial charge in [0, 0.05) is 17.1 Å². The van der Waals surface area contributed by atoms with Crippen molar-refractivity contribution in [1.82, 2.24) is 0 Å². The van der Waals surface area contributed by atoms with Crippen LogP contribution >= 0.6 is 0 Å². The second kappa shape index (κ2) is 69.3. The Kier molecular flexibility index (Phi) is 158. The van der Waals surface area contributed by atoms with Crippen molar-refractivity contribution in [3.05, 3.63) is 57.4 Å². The minimum Gasteiger partial charge on any atom is 0 e. The molecule has 0 aromatic heterocycles. The first-order valence-electron chi connectivity index (χ1n) is 2.36. The molecule has 70 valence electrons. The van der Waals surface area contributed by atoms with Crippen molar-refractivity contribution in [2.75, 3.05) is 0 Å². The van der Waals surface area contributed by atoms with E-state index in [0.29, 0.717) is 0 Å². The molecule has 0 saturated heterocycles. The molecule has 3 nitrogen and oxygen atoms in total. The zero-order valence-corrected chi connectivity index (χ0v) is 7.96. The van der Waals surface area contributed by atoms with Crippen LogP contribution in [0.15, 0.2) is 37.5 Å². The Hall–Kier alpha value is -1.04. The van der Waals surface area contributed by atoms with Gasteiger partial charge >= 0.3 is 33.9 Å². The van der Waals surface area contributed by atoms with Crippen LogP contribution in [-0.2, 0) is 31.0 Å². The molecule has 0 spiro atoms. The molecule has 0 aliphatic heterocycles. The molecule has 0 aromatic carbocycles. The maximum atomic E-state index is 7.50. The predicted molar refractivity (Wildman–Crippen MR) is 41.3 cm³/mol. The molecule has 0 saturated carbocycles. The molecule has 0 aliphatic carbocycles. The van der Waals surface area contributed by atoms with Gasteiger partial charge in [-0.05, 0) is 5.57 Å². The zero-order chi connectivity index (χ0) is 11.0. The molecule has 0 aliphatic rings. The Bertz CT molecular complexity index is 153. The number of hydrogen-bond acceptors (Lipinski definition) is 0. The summed E-state index contributed by atoms with van der Waals surface area (Å²) in [5, 5.41) is 0. The average Bonchev–Trinajstić information content (AvgIpc) is 2.25. The van der Waals surface area contributed by atoms with Gasteiger partial charge in [0.1, 0.15) is 0 Å². The summed E-state index contributed by atoms with van der Waals surface area (Å²) in [4.78, 5) is 0. The van der Waals surface area contributed by atoms with E-state index in [-0.39, 0.29) is 17.1 Å². The minimum atomic E-state index is 0. The van der Waals surface area contributed by atoms with Gasteiger partial charge in [-0.2, -0.15) is 0 Å². The van der Waals surface area contributed by atoms with E-state index in [1.54, 1.807) is 12.2 Å². The molecule has 0 rings (SSSR count). The summed E-state index contributed by atoms with van der Waals surface area (Å²) < 4.78 is 22.5. The van der Waals surface area contributed by atoms with Gasteiger partial charge in [-0.15, -0.1) is 0 Å². The molecule has 0 atom stereocenters. The van der Waals surface area contributed by atoms with Gasteiger partial charge in [-0.3, -0.25) is 0 Å². The van der Waals surface area contributed by atoms with E-state index in [1.807, 2.05) is 0 Å². The van der Waals surface area contributed by atoms with Crippen LogP contribution in [-0.4, -0.2) is 0 Å². The Morgan fingerprint density at radius 1 is 0.846 bits per heavy atom. The van der Waals surface area contributed by atoms with Crippen LogP contribution in [0.3, 0.4) is 0 Å². The topological polar surface area (TPSA) is 59.7 Å². The van der Waals surface area contributed by atoms with E-state index in [9.17, 15) is 0 Å². The van der Waals surface area contributed by atoms with Gasteiger partial charge in [0.05, 0.1) is 0 Å². The molecular formula is C9H8FeO3. The molecule has 4 heteroatoms. The maximum absolute atomic E-state index is 7.50. The second-order valence-electron chi connectivity index (χ2n) is 0.983. The van der Waals surface area contributed by atoms with Crippen molar-refractivity contribution in [3.8, 4) is 0 Å². The van der Waals surface area contributed by atoms with E-state index in [1.165, 1.54) is 0 Å². The standard InChI is InChI=1S/C6H8.3CO.Fe/c1-4-6(3)5-2;3*1-2;/h4-5H,1-3H2;;;;. The van der Waals surface area contributed by atoms with E-state index < -0.39 is 0 Å². The fraction of sp³-hybridized carbons (Fsp3) is 0. The van der Waals surface area contributed by atoms with E-state index in [2.05, 4.69) is 39.7 Å². The zero-order valence-electron chi connectivity index (χ0n) is 6.85. The molecule has 0 fully saturated rings. The first-order chi connectivity index (χ1) is 5.81. The quantitative estimate of drug-likeness (QED) is 0.295. The Labute approximate surface area is 88.8 Å². The third-order valence-corrected chi connectivity index (χ3v) is 0.524. The predicted octanol–water partition coefficient (Wildman–Crippen LogP) is 1.80. The van der Waals surface area contributed by atoms with Crippen LogP contribution in [0.5, 0.6) is 0 Å². The third-order valence-electron chi connectivity index (χ3n) is 0.524. The van der Waals surface area contributed by atoms with Crippen LogP contribution < -0.4 is 0 Å². The van der Waals surface area contributed by atoms with Crippen molar-refractivity contribution >= 4 is 0 Å². The molecule has 0 heterocycles. The van der Waals surface area contributed by atoms with Crippen molar-refractivity contribution in [3.63, 3.8) is 0 Å². The fourth-order valence-electron chi connectivity index (χ4n) is 0.0833. The third kappa shape index (κ3) is 100. The summed E-state index contributed by atoms with van der Waals surface area (Å²) in [7, 11) is 0. The molecule has 0 unspecified atom stereocenters. The number of hydrogen-bond donors (Lipinski definition) is 0. The van der Waals surface area contributed by atoms with Gasteiger partial charge in [0.15, 0.2) is 0 Å². The molecule has 0 amide bonds. The van der Waals surface area contributed by atoms with E-state index in [0.717, 1.165) is 5.57 Å². The second-order valence-corrected chi connectivity index (χ2v) is 0.983. The summed E-state index contributed by atoms with van der Waals surface area (Å²) in [6.07, 6.45) is 3.32. The van der Waals surface area contributed by atoms with Gasteiger partial charge in [0.25, 0.3) is 0 Å². The Morgan fingerprint density at radius 2 is 1.00 bits per heavy atom.